The average Bonchev–Trinajstić information content (AvgIpc) is 2.39. The molecule has 2 nitrogen and oxygen atoms in total. The summed E-state index contributed by atoms with van der Waals surface area (Å²) in [5.41, 5.74) is 2.32. The van der Waals surface area contributed by atoms with Crippen LogP contribution in [0.3, 0.4) is 0 Å². The second-order valence-electron chi connectivity index (χ2n) is 3.97. The Bertz CT molecular complexity index is 365. The molecule has 1 N–H and O–H groups in total. The molecule has 1 heterocycles. The fourth-order valence-corrected chi connectivity index (χ4v) is 2.41. The fourth-order valence-electron chi connectivity index (χ4n) is 2.13. The van der Waals surface area contributed by atoms with Crippen molar-refractivity contribution >= 4 is 11.6 Å². The zero-order valence-electron chi connectivity index (χ0n) is 9.14. The van der Waals surface area contributed by atoms with Crippen molar-refractivity contribution in [2.75, 3.05) is 13.7 Å². The van der Waals surface area contributed by atoms with Crippen molar-refractivity contribution in [2.45, 2.75) is 25.8 Å². The van der Waals surface area contributed by atoms with Gasteiger partial charge in [-0.05, 0) is 44.5 Å². The van der Waals surface area contributed by atoms with Gasteiger partial charge < -0.3 is 10.1 Å². The van der Waals surface area contributed by atoms with Crippen LogP contribution in [0.4, 0.5) is 0 Å². The van der Waals surface area contributed by atoms with Crippen molar-refractivity contribution in [1.82, 2.24) is 5.32 Å². The molecular formula is C12H16ClNO. The largest absolute Gasteiger partial charge is 0.493 e. The maximum Gasteiger partial charge on any atom is 0.127 e. The first-order valence-corrected chi connectivity index (χ1v) is 5.70. The lowest BCUT2D eigenvalue weighted by Crippen LogP contribution is -2.15. The van der Waals surface area contributed by atoms with E-state index in [4.69, 9.17) is 16.3 Å². The molecule has 0 aliphatic carbocycles. The van der Waals surface area contributed by atoms with E-state index in [0.29, 0.717) is 6.04 Å². The molecule has 1 unspecified atom stereocenters. The molecule has 82 valence electrons. The van der Waals surface area contributed by atoms with Crippen molar-refractivity contribution in [3.8, 4) is 5.75 Å². The standard InChI is InChI=1S/C12H16ClNO/c1-8-6-9(13)7-10-11(14-2)4-3-5-15-12(8)10/h6-7,11,14H,3-5H2,1-2H3. The van der Waals surface area contributed by atoms with E-state index >= 15 is 0 Å². The Hall–Kier alpha value is -0.730. The molecule has 0 saturated carbocycles. The first-order valence-electron chi connectivity index (χ1n) is 5.32. The molecule has 0 spiro atoms. The number of hydrogen-bond donors (Lipinski definition) is 1. The molecule has 1 atom stereocenters. The minimum atomic E-state index is 0.361. The number of aryl methyl sites for hydroxylation is 1. The summed E-state index contributed by atoms with van der Waals surface area (Å²) in [7, 11) is 1.98. The molecule has 1 aromatic carbocycles. The van der Waals surface area contributed by atoms with Gasteiger partial charge in [0, 0.05) is 16.6 Å². The number of benzene rings is 1. The van der Waals surface area contributed by atoms with Gasteiger partial charge in [-0.2, -0.15) is 0 Å². The first kappa shape index (κ1) is 10.8. The highest BCUT2D eigenvalue weighted by molar-refractivity contribution is 6.30. The Balaban J connectivity index is 2.50. The lowest BCUT2D eigenvalue weighted by Gasteiger charge is -2.17. The minimum Gasteiger partial charge on any atom is -0.493 e. The van der Waals surface area contributed by atoms with Gasteiger partial charge in [-0.25, -0.2) is 0 Å². The molecule has 15 heavy (non-hydrogen) atoms. The van der Waals surface area contributed by atoms with Gasteiger partial charge in [-0.15, -0.1) is 0 Å². The highest BCUT2D eigenvalue weighted by atomic mass is 35.5. The zero-order valence-corrected chi connectivity index (χ0v) is 9.90. The molecule has 0 bridgehead atoms. The lowest BCUT2D eigenvalue weighted by molar-refractivity contribution is 0.313. The maximum atomic E-state index is 6.07. The molecule has 0 radical (unpaired) electrons. The normalized spacial score (nSPS) is 20.3. The zero-order chi connectivity index (χ0) is 10.8. The molecule has 0 saturated heterocycles. The molecule has 1 aromatic rings. The van der Waals surface area contributed by atoms with Crippen molar-refractivity contribution < 1.29 is 4.74 Å². The molecular weight excluding hydrogens is 210 g/mol. The summed E-state index contributed by atoms with van der Waals surface area (Å²) in [4.78, 5) is 0. The van der Waals surface area contributed by atoms with E-state index in [0.717, 1.165) is 35.8 Å². The van der Waals surface area contributed by atoms with Gasteiger partial charge in [-0.1, -0.05) is 11.6 Å². The summed E-state index contributed by atoms with van der Waals surface area (Å²) in [6, 6.07) is 4.33. The van der Waals surface area contributed by atoms with Gasteiger partial charge in [0.15, 0.2) is 0 Å². The third-order valence-corrected chi connectivity index (χ3v) is 3.09. The summed E-state index contributed by atoms with van der Waals surface area (Å²) >= 11 is 6.07. The van der Waals surface area contributed by atoms with E-state index in [-0.39, 0.29) is 0 Å². The van der Waals surface area contributed by atoms with Crippen LogP contribution in [0.1, 0.15) is 30.0 Å². The quantitative estimate of drug-likeness (QED) is 0.793. The van der Waals surface area contributed by atoms with Crippen LogP contribution in [0.5, 0.6) is 5.75 Å². The van der Waals surface area contributed by atoms with Gasteiger partial charge in [-0.3, -0.25) is 0 Å². The van der Waals surface area contributed by atoms with Crippen LogP contribution in [0.15, 0.2) is 12.1 Å². The second kappa shape index (κ2) is 4.42. The van der Waals surface area contributed by atoms with Crippen molar-refractivity contribution in [3.63, 3.8) is 0 Å². The van der Waals surface area contributed by atoms with Crippen LogP contribution in [0, 0.1) is 6.92 Å². The number of hydrogen-bond acceptors (Lipinski definition) is 2. The predicted molar refractivity (Wildman–Crippen MR) is 62.7 cm³/mol. The van der Waals surface area contributed by atoms with E-state index < -0.39 is 0 Å². The topological polar surface area (TPSA) is 21.3 Å². The molecule has 2 rings (SSSR count). The van der Waals surface area contributed by atoms with E-state index in [1.165, 1.54) is 5.56 Å². The number of rotatable bonds is 1. The molecule has 0 fully saturated rings. The van der Waals surface area contributed by atoms with Crippen molar-refractivity contribution in [1.29, 1.82) is 0 Å². The van der Waals surface area contributed by atoms with Gasteiger partial charge in [0.05, 0.1) is 6.61 Å². The highest BCUT2D eigenvalue weighted by Gasteiger charge is 2.20. The Morgan fingerprint density at radius 2 is 2.27 bits per heavy atom. The lowest BCUT2D eigenvalue weighted by atomic mass is 10.00. The van der Waals surface area contributed by atoms with E-state index in [1.807, 2.05) is 26.1 Å². The van der Waals surface area contributed by atoms with E-state index in [9.17, 15) is 0 Å². The van der Waals surface area contributed by atoms with Gasteiger partial charge in [0.1, 0.15) is 5.75 Å². The van der Waals surface area contributed by atoms with Crippen molar-refractivity contribution in [3.05, 3.63) is 28.3 Å². The van der Waals surface area contributed by atoms with E-state index in [1.54, 1.807) is 0 Å². The van der Waals surface area contributed by atoms with E-state index in [2.05, 4.69) is 5.32 Å². The predicted octanol–water partition coefficient (Wildman–Crippen LogP) is 3.08. The van der Waals surface area contributed by atoms with Crippen LogP contribution in [0.2, 0.25) is 5.02 Å². The van der Waals surface area contributed by atoms with Crippen LogP contribution in [-0.2, 0) is 0 Å². The third-order valence-electron chi connectivity index (χ3n) is 2.88. The fraction of sp³-hybridized carbons (Fsp3) is 0.500. The molecule has 0 amide bonds. The number of halogens is 1. The summed E-state index contributed by atoms with van der Waals surface area (Å²) in [5.74, 6) is 1.01. The monoisotopic (exact) mass is 225 g/mol. The van der Waals surface area contributed by atoms with Crippen LogP contribution >= 0.6 is 11.6 Å². The first-order chi connectivity index (χ1) is 7.22. The summed E-state index contributed by atoms with van der Waals surface area (Å²) in [6.07, 6.45) is 2.18. The van der Waals surface area contributed by atoms with Gasteiger partial charge in [0.25, 0.3) is 0 Å². The number of nitrogens with one attached hydrogen (secondary N) is 1. The van der Waals surface area contributed by atoms with Crippen LogP contribution in [-0.4, -0.2) is 13.7 Å². The molecule has 1 aliphatic heterocycles. The van der Waals surface area contributed by atoms with Gasteiger partial charge >= 0.3 is 0 Å². The molecule has 1 aliphatic rings. The summed E-state index contributed by atoms with van der Waals surface area (Å²) < 4.78 is 5.77. The summed E-state index contributed by atoms with van der Waals surface area (Å²) in [6.45, 7) is 2.84. The molecule has 3 heteroatoms. The number of ether oxygens (including phenoxy) is 1. The smallest absolute Gasteiger partial charge is 0.127 e. The highest BCUT2D eigenvalue weighted by Crippen LogP contribution is 2.36. The van der Waals surface area contributed by atoms with Gasteiger partial charge in [0.2, 0.25) is 0 Å². The Kier molecular flexibility index (Phi) is 3.17. The maximum absolute atomic E-state index is 6.07. The minimum absolute atomic E-state index is 0.361. The Labute approximate surface area is 95.6 Å². The average molecular weight is 226 g/mol. The van der Waals surface area contributed by atoms with Crippen LogP contribution < -0.4 is 10.1 Å². The Morgan fingerprint density at radius 1 is 1.47 bits per heavy atom. The summed E-state index contributed by atoms with van der Waals surface area (Å²) in [5, 5.41) is 4.10. The SMILES string of the molecule is CNC1CCCOc2c(C)cc(Cl)cc21. The third kappa shape index (κ3) is 2.11. The van der Waals surface area contributed by atoms with Crippen molar-refractivity contribution in [2.24, 2.45) is 0 Å². The molecule has 0 aromatic heterocycles. The second-order valence-corrected chi connectivity index (χ2v) is 4.41. The number of fused-ring (bicyclic) bond motifs is 1. The Morgan fingerprint density at radius 3 is 3.00 bits per heavy atom. The van der Waals surface area contributed by atoms with Crippen LogP contribution in [0.25, 0.3) is 0 Å².